The summed E-state index contributed by atoms with van der Waals surface area (Å²) in [6, 6.07) is 0.547. The molecule has 4 rings (SSSR count). The molecule has 3 saturated heterocycles. The van der Waals surface area contributed by atoms with Crippen LogP contribution in [0.2, 0.25) is 0 Å². The summed E-state index contributed by atoms with van der Waals surface area (Å²) in [6.45, 7) is 1.15. The van der Waals surface area contributed by atoms with Gasteiger partial charge >= 0.3 is 0 Å². The van der Waals surface area contributed by atoms with E-state index in [1.807, 2.05) is 0 Å². The van der Waals surface area contributed by atoms with Crippen molar-refractivity contribution in [1.82, 2.24) is 10.2 Å². The number of aliphatic hydroxyl groups is 1. The molecular weight excluding hydrogens is 360 g/mol. The van der Waals surface area contributed by atoms with Crippen molar-refractivity contribution in [3.05, 3.63) is 0 Å². The number of carbonyl (C=O) groups is 1. The van der Waals surface area contributed by atoms with Crippen LogP contribution >= 0.6 is 0 Å². The highest BCUT2D eigenvalue weighted by molar-refractivity contribution is 7.91. The Bertz CT molecular complexity index is 623. The van der Waals surface area contributed by atoms with Crippen molar-refractivity contribution in [3.8, 4) is 0 Å². The molecule has 9 heteroatoms. The molecule has 3 aliphatic heterocycles. The largest absolute Gasteiger partial charge is 0.388 e. The average molecular weight is 388 g/mol. The number of aliphatic hydroxyl groups excluding tert-OH is 1. The van der Waals surface area contributed by atoms with Gasteiger partial charge in [0, 0.05) is 32.1 Å². The third-order valence-electron chi connectivity index (χ3n) is 6.09. The van der Waals surface area contributed by atoms with Crippen molar-refractivity contribution in [3.63, 3.8) is 0 Å². The van der Waals surface area contributed by atoms with E-state index in [-0.39, 0.29) is 61.3 Å². The van der Waals surface area contributed by atoms with Crippen molar-refractivity contribution in [2.75, 3.05) is 31.1 Å². The van der Waals surface area contributed by atoms with Crippen molar-refractivity contribution in [2.45, 2.75) is 68.7 Å². The molecule has 0 spiro atoms. The van der Waals surface area contributed by atoms with E-state index in [0.29, 0.717) is 19.0 Å². The lowest BCUT2D eigenvalue weighted by molar-refractivity contribution is -0.134. The second-order valence-corrected chi connectivity index (χ2v) is 10.2. The highest BCUT2D eigenvalue weighted by atomic mass is 32.2. The fraction of sp³-hybridized carbons (Fsp3) is 0.941. The number of nitrogens with one attached hydrogen (secondary N) is 1. The summed E-state index contributed by atoms with van der Waals surface area (Å²) in [5.74, 6) is -0.0115. The van der Waals surface area contributed by atoms with E-state index in [2.05, 4.69) is 5.32 Å². The Kier molecular flexibility index (Phi) is 5.26. The first-order chi connectivity index (χ1) is 12.4. The summed E-state index contributed by atoms with van der Waals surface area (Å²) in [6.07, 6.45) is 2.71. The zero-order valence-electron chi connectivity index (χ0n) is 14.9. The Morgan fingerprint density at radius 2 is 1.92 bits per heavy atom. The number of nitrogens with zero attached hydrogens (tertiary/aromatic N) is 1. The van der Waals surface area contributed by atoms with Crippen molar-refractivity contribution < 1.29 is 27.8 Å². The first kappa shape index (κ1) is 18.6. The van der Waals surface area contributed by atoms with Crippen molar-refractivity contribution in [1.29, 1.82) is 0 Å². The minimum Gasteiger partial charge on any atom is -0.388 e. The van der Waals surface area contributed by atoms with Gasteiger partial charge < -0.3 is 24.8 Å². The van der Waals surface area contributed by atoms with Crippen LogP contribution in [0.1, 0.15) is 32.1 Å². The van der Waals surface area contributed by atoms with E-state index < -0.39 is 15.9 Å². The molecule has 5 atom stereocenters. The number of amides is 1. The van der Waals surface area contributed by atoms with E-state index in [1.165, 1.54) is 19.3 Å². The highest BCUT2D eigenvalue weighted by Gasteiger charge is 2.50. The van der Waals surface area contributed by atoms with Crippen molar-refractivity contribution in [2.24, 2.45) is 0 Å². The number of hydrogen-bond acceptors (Lipinski definition) is 7. The lowest BCUT2D eigenvalue weighted by Gasteiger charge is -2.29. The summed E-state index contributed by atoms with van der Waals surface area (Å²) in [7, 11) is -3.00. The van der Waals surface area contributed by atoms with E-state index in [9.17, 15) is 18.3 Å². The molecule has 0 bridgehead atoms. The SMILES string of the molecule is O=C(C[C@@H]1C[C@H]2O[C@H](CNC3CCC3)[C@@H](O)[C@H]2O1)N1CCS(=O)(=O)CC1. The van der Waals surface area contributed by atoms with E-state index in [0.717, 1.165) is 0 Å². The normalized spacial score (nSPS) is 39.6. The van der Waals surface area contributed by atoms with Crippen LogP contribution in [0.3, 0.4) is 0 Å². The molecule has 3 heterocycles. The van der Waals surface area contributed by atoms with Gasteiger partial charge in [-0.1, -0.05) is 6.42 Å². The molecular formula is C17H28N2O6S. The molecule has 148 valence electrons. The summed E-state index contributed by atoms with van der Waals surface area (Å²) >= 11 is 0. The van der Waals surface area contributed by atoms with Crippen LogP contribution in [0.4, 0.5) is 0 Å². The van der Waals surface area contributed by atoms with E-state index >= 15 is 0 Å². The van der Waals surface area contributed by atoms with Gasteiger partial charge in [0.1, 0.15) is 12.2 Å². The average Bonchev–Trinajstić information content (AvgIpc) is 3.05. The van der Waals surface area contributed by atoms with Crippen LogP contribution in [-0.2, 0) is 24.1 Å². The first-order valence-corrected chi connectivity index (χ1v) is 11.4. The predicted octanol–water partition coefficient (Wildman–Crippen LogP) is -0.939. The Morgan fingerprint density at radius 3 is 2.54 bits per heavy atom. The predicted molar refractivity (Wildman–Crippen MR) is 93.4 cm³/mol. The molecule has 1 aliphatic carbocycles. The van der Waals surface area contributed by atoms with E-state index in [4.69, 9.17) is 9.47 Å². The number of carbonyl (C=O) groups excluding carboxylic acids is 1. The Hall–Kier alpha value is -0.740. The zero-order chi connectivity index (χ0) is 18.3. The number of hydrogen-bond donors (Lipinski definition) is 2. The molecule has 26 heavy (non-hydrogen) atoms. The monoisotopic (exact) mass is 388 g/mol. The third-order valence-corrected chi connectivity index (χ3v) is 7.70. The van der Waals surface area contributed by atoms with Gasteiger partial charge in [-0.3, -0.25) is 4.79 Å². The molecule has 1 amide bonds. The van der Waals surface area contributed by atoms with Gasteiger partial charge in [0.25, 0.3) is 0 Å². The summed E-state index contributed by atoms with van der Waals surface area (Å²) < 4.78 is 34.8. The fourth-order valence-corrected chi connectivity index (χ4v) is 5.39. The van der Waals surface area contributed by atoms with Crippen LogP contribution in [0, 0.1) is 0 Å². The standard InChI is InChI=1S/C17H28N2O6S/c20-15(19-4-6-26(22,23)7-5-19)9-12-8-13-17(24-12)16(21)14(25-13)10-18-11-2-1-3-11/h11-14,16-18,21H,1-10H2/t12-,13+,14+,16+,17-/m0/s1. The van der Waals surface area contributed by atoms with Gasteiger partial charge in [-0.25, -0.2) is 8.42 Å². The second-order valence-electron chi connectivity index (χ2n) is 7.93. The van der Waals surface area contributed by atoms with Gasteiger partial charge in [0.2, 0.25) is 5.91 Å². The van der Waals surface area contributed by atoms with Crippen LogP contribution in [0.25, 0.3) is 0 Å². The first-order valence-electron chi connectivity index (χ1n) is 9.62. The maximum atomic E-state index is 12.4. The molecule has 0 aromatic carbocycles. The minimum atomic E-state index is -3.00. The Balaban J connectivity index is 1.23. The van der Waals surface area contributed by atoms with Crippen LogP contribution in [0.5, 0.6) is 0 Å². The fourth-order valence-electron chi connectivity index (χ4n) is 4.19. The molecule has 2 N–H and O–H groups in total. The molecule has 0 aromatic rings. The van der Waals surface area contributed by atoms with Crippen molar-refractivity contribution >= 4 is 15.7 Å². The quantitative estimate of drug-likeness (QED) is 0.626. The number of sulfone groups is 1. The topological polar surface area (TPSA) is 105 Å². The summed E-state index contributed by atoms with van der Waals surface area (Å²) in [5.41, 5.74) is 0. The van der Waals surface area contributed by atoms with Crippen LogP contribution in [-0.4, -0.2) is 92.0 Å². The molecule has 4 fully saturated rings. The Labute approximate surface area is 154 Å². The summed E-state index contributed by atoms with van der Waals surface area (Å²) in [4.78, 5) is 14.0. The minimum absolute atomic E-state index is 0.0347. The maximum absolute atomic E-state index is 12.4. The molecule has 0 unspecified atom stereocenters. The number of ether oxygens (including phenoxy) is 2. The van der Waals surface area contributed by atoms with Gasteiger partial charge in [-0.2, -0.15) is 0 Å². The molecule has 0 aromatic heterocycles. The lowest BCUT2D eigenvalue weighted by Crippen LogP contribution is -2.45. The van der Waals surface area contributed by atoms with E-state index in [1.54, 1.807) is 4.90 Å². The molecule has 1 saturated carbocycles. The van der Waals surface area contributed by atoms with Crippen LogP contribution < -0.4 is 5.32 Å². The summed E-state index contributed by atoms with van der Waals surface area (Å²) in [5, 5.41) is 13.9. The van der Waals surface area contributed by atoms with Crippen LogP contribution in [0.15, 0.2) is 0 Å². The Morgan fingerprint density at radius 1 is 1.19 bits per heavy atom. The van der Waals surface area contributed by atoms with Gasteiger partial charge in [-0.15, -0.1) is 0 Å². The smallest absolute Gasteiger partial charge is 0.225 e. The molecule has 8 nitrogen and oxygen atoms in total. The van der Waals surface area contributed by atoms with Gasteiger partial charge in [-0.05, 0) is 12.8 Å². The van der Waals surface area contributed by atoms with Gasteiger partial charge in [0.05, 0.1) is 36.2 Å². The zero-order valence-corrected chi connectivity index (χ0v) is 15.7. The van der Waals surface area contributed by atoms with Gasteiger partial charge in [0.15, 0.2) is 9.84 Å². The number of fused-ring (bicyclic) bond motifs is 1. The third kappa shape index (κ3) is 3.91. The highest BCUT2D eigenvalue weighted by Crippen LogP contribution is 2.35. The number of rotatable bonds is 5. The maximum Gasteiger partial charge on any atom is 0.225 e. The lowest BCUT2D eigenvalue weighted by atomic mass is 9.93. The molecule has 0 radical (unpaired) electrons. The molecule has 4 aliphatic rings. The second kappa shape index (κ2) is 7.35.